The molecule has 1 N–H and O–H groups in total. The summed E-state index contributed by atoms with van der Waals surface area (Å²) in [6.07, 6.45) is 10.7. The van der Waals surface area contributed by atoms with Gasteiger partial charge in [0.15, 0.2) is 0 Å². The minimum absolute atomic E-state index is 0.157. The highest BCUT2D eigenvalue weighted by Gasteiger charge is 2.48. The second-order valence-electron chi connectivity index (χ2n) is 13.6. The fraction of sp³-hybridized carbons (Fsp3) is 0.553. The average Bonchev–Trinajstić information content (AvgIpc) is 3.20. The van der Waals surface area contributed by atoms with Gasteiger partial charge in [-0.3, -0.25) is 4.79 Å². The largest absolute Gasteiger partial charge is 0.490 e. The molecule has 1 amide bonds. The second kappa shape index (κ2) is 15.2. The summed E-state index contributed by atoms with van der Waals surface area (Å²) >= 11 is 6.45. The molecule has 3 aliphatic rings. The Kier molecular flexibility index (Phi) is 11.5. The zero-order valence-electron chi connectivity index (χ0n) is 28.8. The molecule has 1 heterocycles. The highest BCUT2D eigenvalue weighted by molar-refractivity contribution is 7.90. The number of anilines is 1. The lowest BCUT2D eigenvalue weighted by molar-refractivity contribution is -0.0351. The van der Waals surface area contributed by atoms with Crippen molar-refractivity contribution in [1.82, 2.24) is 4.72 Å². The van der Waals surface area contributed by atoms with Crippen LogP contribution in [-0.4, -0.2) is 65.7 Å². The van der Waals surface area contributed by atoms with Gasteiger partial charge in [-0.1, -0.05) is 42.5 Å². The summed E-state index contributed by atoms with van der Waals surface area (Å²) in [6.45, 7) is 7.62. The van der Waals surface area contributed by atoms with Gasteiger partial charge in [0.1, 0.15) is 11.4 Å². The van der Waals surface area contributed by atoms with E-state index in [-0.39, 0.29) is 22.8 Å². The maximum absolute atomic E-state index is 13.3. The first-order valence-corrected chi connectivity index (χ1v) is 19.0. The van der Waals surface area contributed by atoms with Crippen molar-refractivity contribution in [3.05, 3.63) is 70.3 Å². The Morgan fingerprint density at radius 3 is 2.73 bits per heavy atom. The minimum Gasteiger partial charge on any atom is -0.490 e. The van der Waals surface area contributed by atoms with Gasteiger partial charge in [0.25, 0.3) is 5.91 Å². The van der Waals surface area contributed by atoms with Crippen LogP contribution in [-0.2, 0) is 31.3 Å². The molecule has 2 aromatic rings. The Hall–Kier alpha value is -3.03. The van der Waals surface area contributed by atoms with Crippen molar-refractivity contribution in [2.24, 2.45) is 11.8 Å². The molecule has 1 spiro atoms. The summed E-state index contributed by atoms with van der Waals surface area (Å²) in [5.41, 5.74) is 2.54. The molecule has 1 aliphatic heterocycles. The van der Waals surface area contributed by atoms with Crippen molar-refractivity contribution >= 4 is 33.2 Å². The molecule has 1 fully saturated rings. The molecule has 0 unspecified atom stereocenters. The Balaban J connectivity index is 1.54. The zero-order chi connectivity index (χ0) is 34.5. The Bertz CT molecular complexity index is 1680. The van der Waals surface area contributed by atoms with Crippen LogP contribution in [0.2, 0.25) is 5.02 Å². The van der Waals surface area contributed by atoms with Crippen LogP contribution in [0.4, 0.5) is 5.69 Å². The Labute approximate surface area is 291 Å². The van der Waals surface area contributed by atoms with Gasteiger partial charge in [0.05, 0.1) is 24.2 Å². The third kappa shape index (κ3) is 7.57. The van der Waals surface area contributed by atoms with Crippen molar-refractivity contribution < 1.29 is 27.4 Å². The SMILES string of the molecule is CC/C=C/[C@](C#CCCOC)(OC)[C@@H]1CC[C@H]1CN1C[C@@]2(CCCc3cc(Cl)ccc32)COc2ccc(C(=O)NS(=O)(=O)C(C)C)cc21. The summed E-state index contributed by atoms with van der Waals surface area (Å²) in [5.74, 6) is 7.21. The van der Waals surface area contributed by atoms with Crippen molar-refractivity contribution in [3.8, 4) is 17.6 Å². The number of hydrogen-bond donors (Lipinski definition) is 1. The van der Waals surface area contributed by atoms with Crippen LogP contribution >= 0.6 is 11.6 Å². The molecule has 0 aromatic heterocycles. The van der Waals surface area contributed by atoms with Crippen LogP contribution in [0.3, 0.4) is 0 Å². The van der Waals surface area contributed by atoms with E-state index < -0.39 is 26.8 Å². The Morgan fingerprint density at radius 2 is 2.04 bits per heavy atom. The van der Waals surface area contributed by atoms with Crippen molar-refractivity contribution in [2.45, 2.75) is 82.0 Å². The van der Waals surface area contributed by atoms with Crippen molar-refractivity contribution in [2.75, 3.05) is 45.4 Å². The first-order chi connectivity index (χ1) is 23.0. The Morgan fingerprint density at radius 1 is 1.23 bits per heavy atom. The lowest BCUT2D eigenvalue weighted by atomic mass is 9.64. The number of amides is 1. The standard InChI is InChI=1S/C38H49ClN2O6S/c1-6-7-19-38(46-5,20-8-9-21-45-4)33-15-12-30(33)24-41-25-37(18-10-11-28-22-31(39)14-16-32(28)37)26-47-35-17-13-29(23-34(35)41)36(42)40-48(43,44)27(2)3/h7,13-14,16-17,19,22-23,27,30,33H,6,9-12,15,18,21,24-26H2,1-5H3,(H,40,42)/b19-7+/t30-,33+,37-,38+/m0/s1. The van der Waals surface area contributed by atoms with Crippen LogP contribution in [0.25, 0.3) is 0 Å². The number of nitrogens with one attached hydrogen (secondary N) is 1. The fourth-order valence-corrected chi connectivity index (χ4v) is 8.18. The third-order valence-electron chi connectivity index (χ3n) is 10.2. The van der Waals surface area contributed by atoms with E-state index in [0.717, 1.165) is 49.2 Å². The highest BCUT2D eigenvalue weighted by atomic mass is 35.5. The van der Waals surface area contributed by atoms with Crippen LogP contribution in [0.1, 0.15) is 80.8 Å². The van der Waals surface area contributed by atoms with E-state index in [2.05, 4.69) is 52.7 Å². The molecule has 260 valence electrons. The van der Waals surface area contributed by atoms with Gasteiger partial charge in [0, 0.05) is 55.6 Å². The number of nitrogens with zero attached hydrogens (tertiary/aromatic N) is 1. The molecule has 10 heteroatoms. The van der Waals surface area contributed by atoms with E-state index in [1.807, 2.05) is 6.07 Å². The van der Waals surface area contributed by atoms with Gasteiger partial charge in [-0.25, -0.2) is 13.1 Å². The summed E-state index contributed by atoms with van der Waals surface area (Å²) in [4.78, 5) is 15.6. The number of halogens is 1. The molecule has 8 nitrogen and oxygen atoms in total. The first kappa shape index (κ1) is 36.3. The fourth-order valence-electron chi connectivity index (χ4n) is 7.37. The van der Waals surface area contributed by atoms with Crippen LogP contribution in [0.15, 0.2) is 48.6 Å². The van der Waals surface area contributed by atoms with Crippen LogP contribution in [0, 0.1) is 23.7 Å². The van der Waals surface area contributed by atoms with Gasteiger partial charge >= 0.3 is 0 Å². The molecule has 0 radical (unpaired) electrons. The normalized spacial score (nSPS) is 23.3. The zero-order valence-corrected chi connectivity index (χ0v) is 30.4. The number of carbonyl (C=O) groups is 1. The molecule has 4 atom stereocenters. The van der Waals surface area contributed by atoms with Gasteiger partial charge in [-0.05, 0) is 106 Å². The number of allylic oxidation sites excluding steroid dienone is 1. The van der Waals surface area contributed by atoms with Gasteiger partial charge < -0.3 is 19.1 Å². The number of hydrogen-bond acceptors (Lipinski definition) is 7. The summed E-state index contributed by atoms with van der Waals surface area (Å²) in [6, 6.07) is 11.4. The monoisotopic (exact) mass is 696 g/mol. The average molecular weight is 697 g/mol. The summed E-state index contributed by atoms with van der Waals surface area (Å²) in [7, 11) is -0.384. The topological polar surface area (TPSA) is 94.2 Å². The number of carbonyl (C=O) groups excluding carboxylic acids is 1. The molecule has 0 saturated heterocycles. The number of rotatable bonds is 11. The van der Waals surface area contributed by atoms with E-state index in [1.54, 1.807) is 46.3 Å². The molecule has 5 rings (SSSR count). The molecular formula is C38H49ClN2O6S. The number of fused-ring (bicyclic) bond motifs is 3. The summed E-state index contributed by atoms with van der Waals surface area (Å²) < 4.78 is 45.5. The van der Waals surface area contributed by atoms with E-state index in [0.29, 0.717) is 38.5 Å². The first-order valence-electron chi connectivity index (χ1n) is 17.1. The lowest BCUT2D eigenvalue weighted by Crippen LogP contribution is -2.52. The van der Waals surface area contributed by atoms with Gasteiger partial charge in [-0.15, -0.1) is 0 Å². The maximum atomic E-state index is 13.3. The van der Waals surface area contributed by atoms with E-state index in [1.165, 1.54) is 11.1 Å². The predicted octanol–water partition coefficient (Wildman–Crippen LogP) is 6.70. The lowest BCUT2D eigenvalue weighted by Gasteiger charge is -2.48. The molecule has 2 aliphatic carbocycles. The van der Waals surface area contributed by atoms with Gasteiger partial charge in [-0.2, -0.15) is 0 Å². The van der Waals surface area contributed by atoms with Crippen LogP contribution in [0.5, 0.6) is 5.75 Å². The number of ether oxygens (including phenoxy) is 3. The molecule has 48 heavy (non-hydrogen) atoms. The van der Waals surface area contributed by atoms with Crippen LogP contribution < -0.4 is 14.4 Å². The smallest absolute Gasteiger partial charge is 0.264 e. The minimum atomic E-state index is -3.80. The quantitative estimate of drug-likeness (QED) is 0.159. The van der Waals surface area contributed by atoms with E-state index in [9.17, 15) is 13.2 Å². The maximum Gasteiger partial charge on any atom is 0.264 e. The van der Waals surface area contributed by atoms with E-state index >= 15 is 0 Å². The number of methoxy groups -OCH3 is 2. The van der Waals surface area contributed by atoms with E-state index in [4.69, 9.17) is 25.8 Å². The van der Waals surface area contributed by atoms with Gasteiger partial charge in [0.2, 0.25) is 10.0 Å². The number of sulfonamides is 1. The highest BCUT2D eigenvalue weighted by Crippen LogP contribution is 2.48. The van der Waals surface area contributed by atoms with Crippen molar-refractivity contribution in [3.63, 3.8) is 0 Å². The third-order valence-corrected chi connectivity index (χ3v) is 12.2. The molecule has 2 aromatic carbocycles. The predicted molar refractivity (Wildman–Crippen MR) is 191 cm³/mol. The number of aryl methyl sites for hydroxylation is 1. The second-order valence-corrected chi connectivity index (χ2v) is 16.3. The summed E-state index contributed by atoms with van der Waals surface area (Å²) in [5, 5.41) is -0.00904. The molecule has 0 bridgehead atoms. The molecule has 1 saturated carbocycles. The molecular weight excluding hydrogens is 648 g/mol. The number of benzene rings is 2. The van der Waals surface area contributed by atoms with Crippen molar-refractivity contribution in [1.29, 1.82) is 0 Å².